The Balaban J connectivity index is 2.18. The van der Waals surface area contributed by atoms with Crippen molar-refractivity contribution in [2.45, 2.75) is 38.1 Å². The standard InChI is InChI=1S/C14H17F3N2O/c1-2-4-14(5-3-6-18-14)13(20)19-9-7-10(15)12(17)11(16)8-9/h7-8,18H,2-6H2,1H3,(H,19,20). The van der Waals surface area contributed by atoms with Gasteiger partial charge in [-0.3, -0.25) is 4.79 Å². The molecule has 1 amide bonds. The molecule has 2 N–H and O–H groups in total. The van der Waals surface area contributed by atoms with Crippen LogP contribution in [0.15, 0.2) is 12.1 Å². The fraction of sp³-hybridized carbons (Fsp3) is 0.500. The van der Waals surface area contributed by atoms with Crippen LogP contribution in [0.3, 0.4) is 0 Å². The van der Waals surface area contributed by atoms with E-state index in [1.807, 2.05) is 6.92 Å². The van der Waals surface area contributed by atoms with Crippen LogP contribution in [0.4, 0.5) is 18.9 Å². The molecule has 0 spiro atoms. The van der Waals surface area contributed by atoms with E-state index in [0.717, 1.165) is 31.5 Å². The highest BCUT2D eigenvalue weighted by atomic mass is 19.2. The Kier molecular flexibility index (Phi) is 4.32. The summed E-state index contributed by atoms with van der Waals surface area (Å²) >= 11 is 0. The number of anilines is 1. The highest BCUT2D eigenvalue weighted by Crippen LogP contribution is 2.27. The van der Waals surface area contributed by atoms with Gasteiger partial charge in [-0.1, -0.05) is 13.3 Å². The molecule has 1 fully saturated rings. The van der Waals surface area contributed by atoms with Crippen LogP contribution in [-0.4, -0.2) is 18.0 Å². The quantitative estimate of drug-likeness (QED) is 0.836. The molecule has 0 aromatic heterocycles. The maximum Gasteiger partial charge on any atom is 0.244 e. The number of rotatable bonds is 4. The molecule has 110 valence electrons. The van der Waals surface area contributed by atoms with Crippen molar-refractivity contribution in [1.29, 1.82) is 0 Å². The van der Waals surface area contributed by atoms with E-state index in [2.05, 4.69) is 10.6 Å². The Bertz CT molecular complexity index is 490. The van der Waals surface area contributed by atoms with Crippen molar-refractivity contribution in [3.8, 4) is 0 Å². The molecule has 0 saturated carbocycles. The van der Waals surface area contributed by atoms with Gasteiger partial charge in [0.1, 0.15) is 0 Å². The number of halogens is 3. The van der Waals surface area contributed by atoms with Crippen LogP contribution in [0.1, 0.15) is 32.6 Å². The lowest BCUT2D eigenvalue weighted by atomic mass is 9.91. The normalized spacial score (nSPS) is 22.0. The minimum atomic E-state index is -1.54. The number of nitrogens with one attached hydrogen (secondary N) is 2. The molecular formula is C14H17F3N2O. The highest BCUT2D eigenvalue weighted by molar-refractivity contribution is 5.98. The topological polar surface area (TPSA) is 41.1 Å². The average Bonchev–Trinajstić information content (AvgIpc) is 2.86. The van der Waals surface area contributed by atoms with E-state index in [-0.39, 0.29) is 11.6 Å². The SMILES string of the molecule is CCCC1(C(=O)Nc2cc(F)c(F)c(F)c2)CCCN1. The molecule has 3 nitrogen and oxygen atoms in total. The van der Waals surface area contributed by atoms with Gasteiger partial charge in [0.25, 0.3) is 0 Å². The van der Waals surface area contributed by atoms with Gasteiger partial charge in [0.2, 0.25) is 5.91 Å². The van der Waals surface area contributed by atoms with Crippen molar-refractivity contribution >= 4 is 11.6 Å². The number of hydrogen-bond acceptors (Lipinski definition) is 2. The number of carbonyl (C=O) groups excluding carboxylic acids is 1. The molecule has 0 radical (unpaired) electrons. The smallest absolute Gasteiger partial charge is 0.244 e. The lowest BCUT2D eigenvalue weighted by Crippen LogP contribution is -2.50. The van der Waals surface area contributed by atoms with Crippen LogP contribution in [0.2, 0.25) is 0 Å². The summed E-state index contributed by atoms with van der Waals surface area (Å²) in [7, 11) is 0. The van der Waals surface area contributed by atoms with Crippen molar-refractivity contribution in [2.75, 3.05) is 11.9 Å². The van der Waals surface area contributed by atoms with Crippen LogP contribution >= 0.6 is 0 Å². The van der Waals surface area contributed by atoms with Gasteiger partial charge in [-0.15, -0.1) is 0 Å². The van der Waals surface area contributed by atoms with Crippen molar-refractivity contribution in [2.24, 2.45) is 0 Å². The lowest BCUT2D eigenvalue weighted by molar-refractivity contribution is -0.122. The Morgan fingerprint density at radius 3 is 2.50 bits per heavy atom. The van der Waals surface area contributed by atoms with Crippen LogP contribution in [0.5, 0.6) is 0 Å². The minimum absolute atomic E-state index is 0.0735. The highest BCUT2D eigenvalue weighted by Gasteiger charge is 2.39. The van der Waals surface area contributed by atoms with Gasteiger partial charge in [-0.05, 0) is 25.8 Å². The molecule has 1 aliphatic rings. The summed E-state index contributed by atoms with van der Waals surface area (Å²) in [6, 6.07) is 1.57. The minimum Gasteiger partial charge on any atom is -0.324 e. The first kappa shape index (κ1) is 14.8. The van der Waals surface area contributed by atoms with Gasteiger partial charge in [-0.2, -0.15) is 0 Å². The largest absolute Gasteiger partial charge is 0.324 e. The predicted molar refractivity (Wildman–Crippen MR) is 69.8 cm³/mol. The Hall–Kier alpha value is -1.56. The van der Waals surface area contributed by atoms with E-state index in [1.54, 1.807) is 0 Å². The zero-order valence-corrected chi connectivity index (χ0v) is 11.2. The lowest BCUT2D eigenvalue weighted by Gasteiger charge is -2.27. The van der Waals surface area contributed by atoms with Crippen LogP contribution in [0.25, 0.3) is 0 Å². The first-order valence-corrected chi connectivity index (χ1v) is 6.69. The zero-order valence-electron chi connectivity index (χ0n) is 11.2. The van der Waals surface area contributed by atoms with Crippen LogP contribution in [0, 0.1) is 17.5 Å². The van der Waals surface area contributed by atoms with E-state index in [1.165, 1.54) is 0 Å². The summed E-state index contributed by atoms with van der Waals surface area (Å²) in [5.74, 6) is -4.50. The Morgan fingerprint density at radius 1 is 1.35 bits per heavy atom. The first-order valence-electron chi connectivity index (χ1n) is 6.69. The molecule has 1 aromatic carbocycles. The molecule has 0 aliphatic carbocycles. The van der Waals surface area contributed by atoms with Gasteiger partial charge < -0.3 is 10.6 Å². The second kappa shape index (κ2) is 5.83. The molecule has 1 saturated heterocycles. The summed E-state index contributed by atoms with van der Waals surface area (Å²) in [5, 5.41) is 5.63. The van der Waals surface area contributed by atoms with Crippen molar-refractivity contribution in [1.82, 2.24) is 5.32 Å². The monoisotopic (exact) mass is 286 g/mol. The summed E-state index contributed by atoms with van der Waals surface area (Å²) in [4.78, 5) is 12.3. The summed E-state index contributed by atoms with van der Waals surface area (Å²) in [5.41, 5.74) is -0.772. The third-order valence-corrected chi connectivity index (χ3v) is 3.60. The molecule has 1 aliphatic heterocycles. The van der Waals surface area contributed by atoms with E-state index in [0.29, 0.717) is 12.8 Å². The van der Waals surface area contributed by atoms with Crippen molar-refractivity contribution < 1.29 is 18.0 Å². The Labute approximate surface area is 115 Å². The second-order valence-corrected chi connectivity index (χ2v) is 5.07. The summed E-state index contributed by atoms with van der Waals surface area (Å²) < 4.78 is 39.1. The van der Waals surface area contributed by atoms with Crippen molar-refractivity contribution in [3.63, 3.8) is 0 Å². The molecule has 1 unspecified atom stereocenters. The van der Waals surface area contributed by atoms with Gasteiger partial charge in [-0.25, -0.2) is 13.2 Å². The molecule has 1 aromatic rings. The van der Waals surface area contributed by atoms with Gasteiger partial charge in [0.05, 0.1) is 5.54 Å². The fourth-order valence-corrected chi connectivity index (χ4v) is 2.63. The number of benzene rings is 1. The van der Waals surface area contributed by atoms with Crippen LogP contribution in [-0.2, 0) is 4.79 Å². The Morgan fingerprint density at radius 2 is 2.00 bits per heavy atom. The number of hydrogen-bond donors (Lipinski definition) is 2. The molecule has 20 heavy (non-hydrogen) atoms. The first-order chi connectivity index (χ1) is 9.48. The zero-order chi connectivity index (χ0) is 14.8. The molecule has 2 rings (SSSR count). The van der Waals surface area contributed by atoms with Crippen LogP contribution < -0.4 is 10.6 Å². The van der Waals surface area contributed by atoms with E-state index < -0.39 is 23.0 Å². The molecule has 0 bridgehead atoms. The molecular weight excluding hydrogens is 269 g/mol. The van der Waals surface area contributed by atoms with E-state index >= 15 is 0 Å². The predicted octanol–water partition coefficient (Wildman–Crippen LogP) is 2.96. The molecule has 1 atom stereocenters. The van der Waals surface area contributed by atoms with E-state index in [4.69, 9.17) is 0 Å². The number of amides is 1. The summed E-state index contributed by atoms with van der Waals surface area (Å²) in [6.45, 7) is 2.70. The second-order valence-electron chi connectivity index (χ2n) is 5.07. The molecule has 1 heterocycles. The van der Waals surface area contributed by atoms with Gasteiger partial charge in [0.15, 0.2) is 17.5 Å². The van der Waals surface area contributed by atoms with Gasteiger partial charge in [0, 0.05) is 17.8 Å². The van der Waals surface area contributed by atoms with Gasteiger partial charge >= 0.3 is 0 Å². The summed E-state index contributed by atoms with van der Waals surface area (Å²) in [6.07, 6.45) is 3.01. The maximum atomic E-state index is 13.1. The third kappa shape index (κ3) is 2.80. The molecule has 6 heteroatoms. The third-order valence-electron chi connectivity index (χ3n) is 3.60. The maximum absolute atomic E-state index is 13.1. The fourth-order valence-electron chi connectivity index (χ4n) is 2.63. The number of carbonyl (C=O) groups is 1. The van der Waals surface area contributed by atoms with Crippen molar-refractivity contribution in [3.05, 3.63) is 29.6 Å². The van der Waals surface area contributed by atoms with E-state index in [9.17, 15) is 18.0 Å². The average molecular weight is 286 g/mol.